The summed E-state index contributed by atoms with van der Waals surface area (Å²) in [6.45, 7) is 2.48. The fourth-order valence-electron chi connectivity index (χ4n) is 1.80. The first-order chi connectivity index (χ1) is 8.97. The number of hydrogen-bond donors (Lipinski definition) is 1. The van der Waals surface area contributed by atoms with Crippen molar-refractivity contribution in [2.75, 3.05) is 0 Å². The van der Waals surface area contributed by atoms with E-state index in [1.807, 2.05) is 30.7 Å². The number of nitrogens with one attached hydrogen (secondary N) is 1. The molecule has 1 N–H and O–H groups in total. The zero-order chi connectivity index (χ0) is 14.0. The fraction of sp³-hybridized carbons (Fsp3) is 0.214. The molecule has 0 spiro atoms. The number of carbonyl (C=O) groups is 1. The summed E-state index contributed by atoms with van der Waals surface area (Å²) in [5.41, 5.74) is 2.65. The summed E-state index contributed by atoms with van der Waals surface area (Å²) in [5.74, 6) is -0.191. The molecule has 0 atom stereocenters. The molecule has 100 valence electrons. The molecule has 1 aromatic carbocycles. The number of hydrogen-bond acceptors (Lipinski definition) is 1. The van der Waals surface area contributed by atoms with Gasteiger partial charge in [0.15, 0.2) is 0 Å². The predicted octanol–water partition coefficient (Wildman–Crippen LogP) is 3.57. The lowest BCUT2D eigenvalue weighted by molar-refractivity contribution is 0.0950. The van der Waals surface area contributed by atoms with Gasteiger partial charge in [-0.05, 0) is 37.3 Å². The van der Waals surface area contributed by atoms with E-state index in [0.29, 0.717) is 22.2 Å². The smallest absolute Gasteiger partial charge is 0.251 e. The van der Waals surface area contributed by atoms with Gasteiger partial charge in [-0.2, -0.15) is 0 Å². The molecule has 2 aromatic rings. The molecule has 3 nitrogen and oxygen atoms in total. The van der Waals surface area contributed by atoms with Crippen LogP contribution in [0.2, 0.25) is 10.0 Å². The van der Waals surface area contributed by atoms with Gasteiger partial charge in [0.25, 0.3) is 5.91 Å². The third-order valence-corrected chi connectivity index (χ3v) is 3.47. The van der Waals surface area contributed by atoms with Gasteiger partial charge in [0.05, 0.1) is 6.54 Å². The molecule has 5 heteroatoms. The van der Waals surface area contributed by atoms with Crippen LogP contribution in [0.15, 0.2) is 30.3 Å². The number of aryl methyl sites for hydroxylation is 1. The van der Waals surface area contributed by atoms with E-state index < -0.39 is 0 Å². The van der Waals surface area contributed by atoms with Gasteiger partial charge in [0.1, 0.15) is 0 Å². The number of rotatable bonds is 3. The van der Waals surface area contributed by atoms with Gasteiger partial charge >= 0.3 is 0 Å². The molecule has 0 aliphatic carbocycles. The van der Waals surface area contributed by atoms with E-state index in [9.17, 15) is 4.79 Å². The number of benzene rings is 1. The van der Waals surface area contributed by atoms with E-state index in [1.54, 1.807) is 18.2 Å². The SMILES string of the molecule is Cc1ccc(CNC(=O)c2cc(Cl)cc(Cl)c2)n1C. The highest BCUT2D eigenvalue weighted by Crippen LogP contribution is 2.19. The average molecular weight is 297 g/mol. The number of carbonyl (C=O) groups excluding carboxylic acids is 1. The van der Waals surface area contributed by atoms with Crippen LogP contribution in [0.5, 0.6) is 0 Å². The molecule has 0 fully saturated rings. The van der Waals surface area contributed by atoms with Gasteiger partial charge in [-0.15, -0.1) is 0 Å². The molecule has 1 amide bonds. The molecule has 2 rings (SSSR count). The highest BCUT2D eigenvalue weighted by molar-refractivity contribution is 6.35. The lowest BCUT2D eigenvalue weighted by Crippen LogP contribution is -2.24. The minimum atomic E-state index is -0.191. The second kappa shape index (κ2) is 5.68. The first kappa shape index (κ1) is 14.0. The maximum Gasteiger partial charge on any atom is 0.251 e. The van der Waals surface area contributed by atoms with Gasteiger partial charge < -0.3 is 9.88 Å². The van der Waals surface area contributed by atoms with Crippen LogP contribution in [0, 0.1) is 6.92 Å². The summed E-state index contributed by atoms with van der Waals surface area (Å²) in [7, 11) is 1.97. The van der Waals surface area contributed by atoms with Crippen LogP contribution in [0.3, 0.4) is 0 Å². The molecule has 19 heavy (non-hydrogen) atoms. The molecule has 0 aliphatic heterocycles. The zero-order valence-corrected chi connectivity index (χ0v) is 12.2. The zero-order valence-electron chi connectivity index (χ0n) is 10.7. The third-order valence-electron chi connectivity index (χ3n) is 3.03. The molecule has 0 aliphatic rings. The van der Waals surface area contributed by atoms with Crippen molar-refractivity contribution in [3.05, 3.63) is 57.3 Å². The highest BCUT2D eigenvalue weighted by atomic mass is 35.5. The molecule has 0 bridgehead atoms. The van der Waals surface area contributed by atoms with Crippen LogP contribution < -0.4 is 5.32 Å². The third kappa shape index (κ3) is 3.31. The van der Waals surface area contributed by atoms with Gasteiger partial charge in [-0.3, -0.25) is 4.79 Å². The van der Waals surface area contributed by atoms with E-state index in [0.717, 1.165) is 11.4 Å². The Morgan fingerprint density at radius 2 is 1.84 bits per heavy atom. The fourth-order valence-corrected chi connectivity index (χ4v) is 2.33. The van der Waals surface area contributed by atoms with Crippen molar-refractivity contribution in [1.29, 1.82) is 0 Å². The molecule has 0 saturated heterocycles. The first-order valence-corrected chi connectivity index (χ1v) is 6.58. The van der Waals surface area contributed by atoms with Crippen molar-refractivity contribution in [3.63, 3.8) is 0 Å². The van der Waals surface area contributed by atoms with E-state index in [2.05, 4.69) is 5.32 Å². The Morgan fingerprint density at radius 1 is 1.21 bits per heavy atom. The summed E-state index contributed by atoms with van der Waals surface area (Å²) >= 11 is 11.7. The topological polar surface area (TPSA) is 34.0 Å². The lowest BCUT2D eigenvalue weighted by Gasteiger charge is -2.08. The Bertz CT molecular complexity index is 600. The Hall–Kier alpha value is -1.45. The van der Waals surface area contributed by atoms with E-state index >= 15 is 0 Å². The number of aromatic nitrogens is 1. The van der Waals surface area contributed by atoms with Crippen LogP contribution >= 0.6 is 23.2 Å². The first-order valence-electron chi connectivity index (χ1n) is 5.83. The van der Waals surface area contributed by atoms with Gasteiger partial charge in [-0.25, -0.2) is 0 Å². The Kier molecular flexibility index (Phi) is 4.17. The van der Waals surface area contributed by atoms with Crippen molar-refractivity contribution in [2.24, 2.45) is 7.05 Å². The Labute approximate surface area is 122 Å². The molecule has 0 unspecified atom stereocenters. The maximum atomic E-state index is 12.0. The molecule has 0 saturated carbocycles. The molecular formula is C14H14Cl2N2O. The van der Waals surface area contributed by atoms with Crippen LogP contribution in [-0.4, -0.2) is 10.5 Å². The summed E-state index contributed by atoms with van der Waals surface area (Å²) in [6, 6.07) is 8.79. The van der Waals surface area contributed by atoms with Crippen molar-refractivity contribution in [1.82, 2.24) is 9.88 Å². The number of halogens is 2. The Balaban J connectivity index is 2.07. The van der Waals surface area contributed by atoms with Crippen LogP contribution in [0.4, 0.5) is 0 Å². The van der Waals surface area contributed by atoms with Crippen molar-refractivity contribution < 1.29 is 4.79 Å². The van der Waals surface area contributed by atoms with Crippen molar-refractivity contribution in [2.45, 2.75) is 13.5 Å². The molecule has 1 aromatic heterocycles. The maximum absolute atomic E-state index is 12.0. The standard InChI is InChI=1S/C14H14Cl2N2O/c1-9-3-4-13(18(9)2)8-17-14(19)10-5-11(15)7-12(16)6-10/h3-7H,8H2,1-2H3,(H,17,19). The Morgan fingerprint density at radius 3 is 2.37 bits per heavy atom. The van der Waals surface area contributed by atoms with Crippen molar-refractivity contribution in [3.8, 4) is 0 Å². The largest absolute Gasteiger partial charge is 0.350 e. The minimum absolute atomic E-state index is 0.191. The monoisotopic (exact) mass is 296 g/mol. The van der Waals surface area contributed by atoms with Crippen LogP contribution in [0.1, 0.15) is 21.7 Å². The second-order valence-corrected chi connectivity index (χ2v) is 5.24. The lowest BCUT2D eigenvalue weighted by atomic mass is 10.2. The van der Waals surface area contributed by atoms with Crippen molar-refractivity contribution >= 4 is 29.1 Å². The van der Waals surface area contributed by atoms with Crippen LogP contribution in [0.25, 0.3) is 0 Å². The van der Waals surface area contributed by atoms with Gasteiger partial charge in [0.2, 0.25) is 0 Å². The van der Waals surface area contributed by atoms with Gasteiger partial charge in [0, 0.05) is 34.0 Å². The molecule has 1 heterocycles. The van der Waals surface area contributed by atoms with E-state index in [1.165, 1.54) is 0 Å². The number of nitrogens with zero attached hydrogens (tertiary/aromatic N) is 1. The summed E-state index contributed by atoms with van der Waals surface area (Å²) < 4.78 is 2.03. The summed E-state index contributed by atoms with van der Waals surface area (Å²) in [6.07, 6.45) is 0. The normalized spacial score (nSPS) is 10.5. The van der Waals surface area contributed by atoms with E-state index in [-0.39, 0.29) is 5.91 Å². The van der Waals surface area contributed by atoms with Gasteiger partial charge in [-0.1, -0.05) is 23.2 Å². The summed E-state index contributed by atoms with van der Waals surface area (Å²) in [5, 5.41) is 3.75. The highest BCUT2D eigenvalue weighted by Gasteiger charge is 2.09. The second-order valence-electron chi connectivity index (χ2n) is 4.37. The number of amides is 1. The van der Waals surface area contributed by atoms with Crippen LogP contribution in [-0.2, 0) is 13.6 Å². The summed E-state index contributed by atoms with van der Waals surface area (Å²) in [4.78, 5) is 12.0. The molecule has 0 radical (unpaired) electrons. The minimum Gasteiger partial charge on any atom is -0.350 e. The molecular weight excluding hydrogens is 283 g/mol. The predicted molar refractivity (Wildman–Crippen MR) is 77.8 cm³/mol. The van der Waals surface area contributed by atoms with E-state index in [4.69, 9.17) is 23.2 Å². The quantitative estimate of drug-likeness (QED) is 0.923. The average Bonchev–Trinajstić information content (AvgIpc) is 2.66.